The molecule has 166 valence electrons. The van der Waals surface area contributed by atoms with Crippen LogP contribution >= 0.6 is 0 Å². The van der Waals surface area contributed by atoms with Crippen molar-refractivity contribution in [2.75, 3.05) is 7.11 Å². The Morgan fingerprint density at radius 1 is 1.19 bits per heavy atom. The molecule has 0 saturated carbocycles. The second-order valence-corrected chi connectivity index (χ2v) is 8.57. The number of carbonyl (C=O) groups is 3. The molecule has 0 fully saturated rings. The van der Waals surface area contributed by atoms with E-state index < -0.39 is 23.8 Å². The lowest BCUT2D eigenvalue weighted by molar-refractivity contribution is -0.151. The van der Waals surface area contributed by atoms with Gasteiger partial charge in [-0.25, -0.2) is 4.79 Å². The summed E-state index contributed by atoms with van der Waals surface area (Å²) < 4.78 is 10.6. The van der Waals surface area contributed by atoms with Crippen molar-refractivity contribution in [1.29, 1.82) is 0 Å². The molecule has 6 heteroatoms. The number of dihydropyridines is 1. The summed E-state index contributed by atoms with van der Waals surface area (Å²) >= 11 is 0. The first-order valence-electron chi connectivity index (χ1n) is 10.8. The third-order valence-electron chi connectivity index (χ3n) is 6.26. The summed E-state index contributed by atoms with van der Waals surface area (Å²) in [4.78, 5) is 39.2. The number of carbonyl (C=O) groups excluding carboxylic acids is 3. The molecular weight excluding hydrogens is 394 g/mol. The van der Waals surface area contributed by atoms with Crippen LogP contribution in [0.3, 0.4) is 0 Å². The van der Waals surface area contributed by atoms with Crippen LogP contribution in [-0.4, -0.2) is 30.9 Å². The Morgan fingerprint density at radius 2 is 1.84 bits per heavy atom. The van der Waals surface area contributed by atoms with Crippen LogP contribution in [0.5, 0.6) is 0 Å². The number of esters is 2. The first kappa shape index (κ1) is 22.8. The van der Waals surface area contributed by atoms with Gasteiger partial charge < -0.3 is 14.8 Å². The fraction of sp³-hybridized carbons (Fsp3) is 0.480. The summed E-state index contributed by atoms with van der Waals surface area (Å²) in [6.45, 7) is 9.48. The zero-order valence-corrected chi connectivity index (χ0v) is 19.1. The number of rotatable bonds is 5. The monoisotopic (exact) mass is 425 g/mol. The Kier molecular flexibility index (Phi) is 6.68. The fourth-order valence-corrected chi connectivity index (χ4v) is 4.37. The zero-order valence-electron chi connectivity index (χ0n) is 19.1. The molecule has 31 heavy (non-hydrogen) atoms. The maximum absolute atomic E-state index is 13.6. The van der Waals surface area contributed by atoms with Gasteiger partial charge in [0.1, 0.15) is 5.92 Å². The molecule has 0 saturated heterocycles. The molecule has 0 radical (unpaired) electrons. The Balaban J connectivity index is 2.15. The maximum Gasteiger partial charge on any atom is 0.337 e. The van der Waals surface area contributed by atoms with E-state index in [1.165, 1.54) is 7.11 Å². The molecule has 0 aromatic heterocycles. The Bertz CT molecular complexity index is 957. The van der Waals surface area contributed by atoms with Gasteiger partial charge in [-0.1, -0.05) is 43.7 Å². The Morgan fingerprint density at radius 3 is 2.42 bits per heavy atom. The Hall–Kier alpha value is -2.89. The average molecular weight is 426 g/mol. The summed E-state index contributed by atoms with van der Waals surface area (Å²) in [6.07, 6.45) is 0.968. The van der Waals surface area contributed by atoms with Crippen molar-refractivity contribution in [2.24, 2.45) is 11.8 Å². The fourth-order valence-electron chi connectivity index (χ4n) is 4.37. The summed E-state index contributed by atoms with van der Waals surface area (Å²) in [5.41, 5.74) is 4.21. The van der Waals surface area contributed by atoms with Crippen molar-refractivity contribution in [2.45, 2.75) is 59.5 Å². The number of aryl methyl sites for hydroxylation is 1. The second-order valence-electron chi connectivity index (χ2n) is 8.57. The highest BCUT2D eigenvalue weighted by atomic mass is 16.5. The number of Topliss-reactive ketones (excluding diaryl/α,β-unsaturated/α-hetero) is 1. The van der Waals surface area contributed by atoms with Gasteiger partial charge in [-0.2, -0.15) is 0 Å². The highest BCUT2D eigenvalue weighted by Gasteiger charge is 2.47. The molecule has 1 heterocycles. The van der Waals surface area contributed by atoms with E-state index in [0.717, 1.165) is 16.8 Å². The molecule has 6 nitrogen and oxygen atoms in total. The largest absolute Gasteiger partial charge is 0.468 e. The van der Waals surface area contributed by atoms with E-state index in [-0.39, 0.29) is 17.8 Å². The van der Waals surface area contributed by atoms with E-state index in [9.17, 15) is 14.4 Å². The number of hydrogen-bond donors (Lipinski definition) is 1. The predicted molar refractivity (Wildman–Crippen MR) is 117 cm³/mol. The number of methoxy groups -OCH3 is 1. The molecule has 0 spiro atoms. The number of benzene rings is 1. The minimum absolute atomic E-state index is 0.203. The Labute approximate surface area is 183 Å². The molecular formula is C25H31NO5. The predicted octanol–water partition coefficient (Wildman–Crippen LogP) is 3.95. The van der Waals surface area contributed by atoms with E-state index in [2.05, 4.69) is 5.32 Å². The zero-order chi connectivity index (χ0) is 22.9. The molecule has 0 amide bonds. The molecule has 0 bridgehead atoms. The van der Waals surface area contributed by atoms with Crippen molar-refractivity contribution < 1.29 is 23.9 Å². The third-order valence-corrected chi connectivity index (χ3v) is 6.26. The van der Waals surface area contributed by atoms with Crippen molar-refractivity contribution in [3.63, 3.8) is 0 Å². The molecule has 0 unspecified atom stereocenters. The van der Waals surface area contributed by atoms with Crippen LogP contribution in [-0.2, 0) is 23.9 Å². The maximum atomic E-state index is 13.6. The molecule has 1 aliphatic carbocycles. The van der Waals surface area contributed by atoms with Crippen molar-refractivity contribution >= 4 is 17.7 Å². The van der Waals surface area contributed by atoms with Gasteiger partial charge in [0.2, 0.25) is 0 Å². The highest BCUT2D eigenvalue weighted by molar-refractivity contribution is 6.12. The van der Waals surface area contributed by atoms with Crippen molar-refractivity contribution in [3.8, 4) is 0 Å². The van der Waals surface area contributed by atoms with Crippen LogP contribution in [0.15, 0.2) is 46.8 Å². The molecule has 1 aliphatic heterocycles. The average Bonchev–Trinajstić information content (AvgIpc) is 2.72. The summed E-state index contributed by atoms with van der Waals surface area (Å²) in [7, 11) is 1.29. The van der Waals surface area contributed by atoms with Gasteiger partial charge in [-0.05, 0) is 45.1 Å². The van der Waals surface area contributed by atoms with Crippen LogP contribution in [0, 0.1) is 18.8 Å². The van der Waals surface area contributed by atoms with Crippen molar-refractivity contribution in [1.82, 2.24) is 5.32 Å². The van der Waals surface area contributed by atoms with Gasteiger partial charge in [0.25, 0.3) is 0 Å². The number of ketones is 1. The van der Waals surface area contributed by atoms with E-state index in [1.54, 1.807) is 0 Å². The molecule has 2 aliphatic rings. The van der Waals surface area contributed by atoms with Gasteiger partial charge in [-0.15, -0.1) is 0 Å². The lowest BCUT2D eigenvalue weighted by Gasteiger charge is -2.38. The number of allylic oxidation sites excluding steroid dienone is 3. The molecule has 1 N–H and O–H groups in total. The van der Waals surface area contributed by atoms with Crippen LogP contribution < -0.4 is 5.32 Å². The first-order valence-corrected chi connectivity index (χ1v) is 10.8. The van der Waals surface area contributed by atoms with Gasteiger partial charge in [0.05, 0.1) is 18.8 Å². The van der Waals surface area contributed by atoms with Gasteiger partial charge >= 0.3 is 11.9 Å². The minimum Gasteiger partial charge on any atom is -0.468 e. The normalized spacial score (nSPS) is 24.3. The van der Waals surface area contributed by atoms with E-state index >= 15 is 0 Å². The van der Waals surface area contributed by atoms with E-state index in [1.807, 2.05) is 58.9 Å². The minimum atomic E-state index is -0.885. The topological polar surface area (TPSA) is 81.7 Å². The van der Waals surface area contributed by atoms with E-state index in [4.69, 9.17) is 9.47 Å². The second kappa shape index (κ2) is 9.08. The molecule has 1 aromatic carbocycles. The standard InChI is InChI=1S/C25H31NO5/c1-7-15(4)31-25(29)20-16(5)26-18-12-14(3)19(24(28)30-6)23(27)22(18)21(20)17-10-8-13(2)9-11-17/h8-11,14-15,19,21,26H,7,12H2,1-6H3/t14-,15+,19-,21+/m0/s1. The number of nitrogens with one attached hydrogen (secondary N) is 1. The molecule has 4 atom stereocenters. The lowest BCUT2D eigenvalue weighted by atomic mass is 9.69. The molecule has 3 rings (SSSR count). The summed E-state index contributed by atoms with van der Waals surface area (Å²) in [6, 6.07) is 7.77. The van der Waals surface area contributed by atoms with Gasteiger partial charge in [-0.3, -0.25) is 9.59 Å². The first-order chi connectivity index (χ1) is 14.7. The van der Waals surface area contributed by atoms with Crippen LogP contribution in [0.4, 0.5) is 0 Å². The van der Waals surface area contributed by atoms with Crippen LogP contribution in [0.25, 0.3) is 0 Å². The summed E-state index contributed by atoms with van der Waals surface area (Å²) in [5.74, 6) is -2.96. The van der Waals surface area contributed by atoms with Crippen LogP contribution in [0.1, 0.15) is 57.6 Å². The number of hydrogen-bond acceptors (Lipinski definition) is 6. The molecule has 1 aromatic rings. The van der Waals surface area contributed by atoms with E-state index in [0.29, 0.717) is 29.7 Å². The quantitative estimate of drug-likeness (QED) is 0.568. The van der Waals surface area contributed by atoms with Gasteiger partial charge in [0.15, 0.2) is 5.78 Å². The third kappa shape index (κ3) is 4.29. The lowest BCUT2D eigenvalue weighted by Crippen LogP contribution is -2.43. The smallest absolute Gasteiger partial charge is 0.337 e. The summed E-state index contributed by atoms with van der Waals surface area (Å²) in [5, 5.41) is 3.28. The number of ether oxygens (including phenoxy) is 2. The van der Waals surface area contributed by atoms with Gasteiger partial charge in [0, 0.05) is 22.9 Å². The van der Waals surface area contributed by atoms with Crippen LogP contribution in [0.2, 0.25) is 0 Å². The van der Waals surface area contributed by atoms with Crippen molar-refractivity contribution in [3.05, 3.63) is 57.9 Å². The SMILES string of the molecule is CC[C@@H](C)OC(=O)C1=C(C)NC2=C(C(=O)[C@@H](C(=O)OC)[C@@H](C)C2)[C@@H]1c1ccc(C)cc1. The highest BCUT2D eigenvalue weighted by Crippen LogP contribution is 2.45.